The maximum atomic E-state index is 12.9. The van der Waals surface area contributed by atoms with E-state index >= 15 is 0 Å². The predicted octanol–water partition coefficient (Wildman–Crippen LogP) is 1.94. The minimum absolute atomic E-state index is 0.0253. The molecule has 3 N–H and O–H groups in total. The van der Waals surface area contributed by atoms with E-state index in [-0.39, 0.29) is 22.8 Å². The first-order chi connectivity index (χ1) is 11.1. The molecule has 3 aliphatic heterocycles. The van der Waals surface area contributed by atoms with Gasteiger partial charge in [0.1, 0.15) is 0 Å². The van der Waals surface area contributed by atoms with Gasteiger partial charge in [0.05, 0.1) is 16.7 Å². The molecule has 1 aromatic rings. The zero-order valence-electron chi connectivity index (χ0n) is 13.3. The number of benzene rings is 1. The highest BCUT2D eigenvalue weighted by Gasteiger charge is 2.76. The van der Waals surface area contributed by atoms with E-state index in [4.69, 9.17) is 10.5 Å². The molecule has 3 heterocycles. The smallest absolute Gasteiger partial charge is 0.322 e. The number of nitrogens with one attached hydrogen (secondary N) is 1. The third-order valence-corrected chi connectivity index (χ3v) is 6.54. The third-order valence-electron chi connectivity index (χ3n) is 6.54. The van der Waals surface area contributed by atoms with E-state index in [0.29, 0.717) is 6.54 Å². The Bertz CT molecular complexity index is 677. The number of hydrogen-bond acceptors (Lipinski definition) is 3. The molecular weight excluding hydrogens is 290 g/mol. The number of amides is 2. The second kappa shape index (κ2) is 4.28. The van der Waals surface area contributed by atoms with Crippen molar-refractivity contribution in [2.75, 3.05) is 18.0 Å². The van der Waals surface area contributed by atoms with Crippen LogP contribution in [0, 0.1) is 0 Å². The molecule has 1 spiro atoms. The fourth-order valence-electron chi connectivity index (χ4n) is 5.24. The Morgan fingerprint density at radius 2 is 2.09 bits per heavy atom. The first-order valence-corrected chi connectivity index (χ1v) is 8.69. The van der Waals surface area contributed by atoms with E-state index in [2.05, 4.69) is 11.4 Å². The number of anilines is 1. The fourth-order valence-corrected chi connectivity index (χ4v) is 5.24. The molecule has 0 atom stereocenters. The maximum absolute atomic E-state index is 12.9. The lowest BCUT2D eigenvalue weighted by Crippen LogP contribution is -2.69. The molecule has 5 heteroatoms. The minimum atomic E-state index is -0.195. The van der Waals surface area contributed by atoms with Crippen LogP contribution >= 0.6 is 0 Å². The van der Waals surface area contributed by atoms with E-state index < -0.39 is 0 Å². The van der Waals surface area contributed by atoms with E-state index in [0.717, 1.165) is 44.3 Å². The molecule has 1 aromatic carbocycles. The van der Waals surface area contributed by atoms with Crippen LogP contribution in [-0.4, -0.2) is 35.9 Å². The lowest BCUT2D eigenvalue weighted by atomic mass is 9.56. The number of urea groups is 1. The highest BCUT2D eigenvalue weighted by atomic mass is 16.5. The Balaban J connectivity index is 1.39. The Labute approximate surface area is 136 Å². The number of carbonyl (C=O) groups is 1. The highest BCUT2D eigenvalue weighted by molar-refractivity contribution is 5.95. The highest BCUT2D eigenvalue weighted by Crippen LogP contribution is 2.66. The van der Waals surface area contributed by atoms with Crippen molar-refractivity contribution in [2.24, 2.45) is 5.73 Å². The van der Waals surface area contributed by atoms with Gasteiger partial charge in [-0.1, -0.05) is 18.2 Å². The van der Waals surface area contributed by atoms with Gasteiger partial charge in [-0.25, -0.2) is 4.79 Å². The summed E-state index contributed by atoms with van der Waals surface area (Å²) in [6.45, 7) is 1.32. The van der Waals surface area contributed by atoms with E-state index in [1.165, 1.54) is 12.0 Å². The summed E-state index contributed by atoms with van der Waals surface area (Å²) >= 11 is 0. The summed E-state index contributed by atoms with van der Waals surface area (Å²) in [6.07, 6.45) is 5.96. The molecule has 2 aliphatic carbocycles. The van der Waals surface area contributed by atoms with E-state index in [1.54, 1.807) is 0 Å². The number of nitrogens with zero attached hydrogens (tertiary/aromatic N) is 1. The lowest BCUT2D eigenvalue weighted by Gasteiger charge is -2.52. The SMILES string of the molecule is NCC12CC(NC(=O)N3CCc4ccccc43)(C1)C1(CCC1)O2. The topological polar surface area (TPSA) is 67.6 Å². The molecule has 4 fully saturated rings. The van der Waals surface area contributed by atoms with Gasteiger partial charge in [-0.3, -0.25) is 4.90 Å². The van der Waals surface area contributed by atoms with Crippen LogP contribution in [0.3, 0.4) is 0 Å². The number of nitrogens with two attached hydrogens (primary N) is 1. The van der Waals surface area contributed by atoms with Crippen LogP contribution in [0.2, 0.25) is 0 Å². The molecule has 5 nitrogen and oxygen atoms in total. The second-order valence-corrected chi connectivity index (χ2v) is 7.73. The molecule has 2 amide bonds. The molecule has 6 rings (SSSR count). The Morgan fingerprint density at radius 3 is 2.78 bits per heavy atom. The first kappa shape index (κ1) is 13.8. The summed E-state index contributed by atoms with van der Waals surface area (Å²) in [4.78, 5) is 14.8. The predicted molar refractivity (Wildman–Crippen MR) is 87.4 cm³/mol. The molecular formula is C18H23N3O2. The van der Waals surface area contributed by atoms with Crippen LogP contribution in [0.15, 0.2) is 24.3 Å². The largest absolute Gasteiger partial charge is 0.365 e. The van der Waals surface area contributed by atoms with E-state index in [1.807, 2.05) is 23.1 Å². The van der Waals surface area contributed by atoms with Gasteiger partial charge in [0.2, 0.25) is 0 Å². The maximum Gasteiger partial charge on any atom is 0.322 e. The van der Waals surface area contributed by atoms with Crippen LogP contribution in [-0.2, 0) is 11.2 Å². The number of fused-ring (bicyclic) bond motifs is 1. The van der Waals surface area contributed by atoms with Crippen molar-refractivity contribution in [3.05, 3.63) is 29.8 Å². The fraction of sp³-hybridized carbons (Fsp3) is 0.611. The van der Waals surface area contributed by atoms with Gasteiger partial charge in [-0.15, -0.1) is 0 Å². The quantitative estimate of drug-likeness (QED) is 0.877. The average Bonchev–Trinajstić information content (AvgIpc) is 3.11. The van der Waals surface area contributed by atoms with Crippen LogP contribution in [0.1, 0.15) is 37.7 Å². The lowest BCUT2D eigenvalue weighted by molar-refractivity contribution is -0.105. The van der Waals surface area contributed by atoms with Gasteiger partial charge in [0.25, 0.3) is 0 Å². The van der Waals surface area contributed by atoms with E-state index in [9.17, 15) is 4.79 Å². The van der Waals surface area contributed by atoms with Crippen LogP contribution in [0.4, 0.5) is 10.5 Å². The summed E-state index contributed by atoms with van der Waals surface area (Å²) in [6, 6.07) is 8.20. The van der Waals surface area contributed by atoms with Crippen molar-refractivity contribution in [3.63, 3.8) is 0 Å². The summed E-state index contributed by atoms with van der Waals surface area (Å²) in [5, 5.41) is 3.36. The number of para-hydroxylation sites is 1. The van der Waals surface area contributed by atoms with Crippen molar-refractivity contribution in [1.82, 2.24) is 5.32 Å². The van der Waals surface area contributed by atoms with Crippen LogP contribution < -0.4 is 16.0 Å². The summed E-state index contributed by atoms with van der Waals surface area (Å²) in [5.74, 6) is 0. The number of rotatable bonds is 2. The second-order valence-electron chi connectivity index (χ2n) is 7.73. The molecule has 2 bridgehead atoms. The average molecular weight is 313 g/mol. The molecule has 5 aliphatic rings. The van der Waals surface area contributed by atoms with Crippen molar-refractivity contribution >= 4 is 11.7 Å². The standard InChI is InChI=1S/C18H23N3O2/c19-12-16-10-17(11-16,18(23-16)7-3-8-18)20-15(22)21-9-6-13-4-1-2-5-14(13)21/h1-2,4-5H,3,6-12,19H2,(H,20,22). The summed E-state index contributed by atoms with van der Waals surface area (Å²) in [5.41, 5.74) is 7.71. The van der Waals surface area contributed by atoms with Crippen LogP contribution in [0.5, 0.6) is 0 Å². The normalized spacial score (nSPS) is 35.6. The number of hydrogen-bond donors (Lipinski definition) is 2. The molecule has 23 heavy (non-hydrogen) atoms. The molecule has 0 aromatic heterocycles. The Morgan fingerprint density at radius 1 is 1.30 bits per heavy atom. The minimum Gasteiger partial charge on any atom is -0.365 e. The number of ether oxygens (including phenoxy) is 1. The van der Waals surface area contributed by atoms with Crippen LogP contribution in [0.25, 0.3) is 0 Å². The third kappa shape index (κ3) is 1.62. The van der Waals surface area contributed by atoms with Gasteiger partial charge in [0.15, 0.2) is 0 Å². The Kier molecular flexibility index (Phi) is 2.57. The van der Waals surface area contributed by atoms with Gasteiger partial charge >= 0.3 is 6.03 Å². The zero-order chi connectivity index (χ0) is 15.7. The van der Waals surface area contributed by atoms with Crippen molar-refractivity contribution < 1.29 is 9.53 Å². The van der Waals surface area contributed by atoms with Gasteiger partial charge in [0, 0.05) is 31.6 Å². The first-order valence-electron chi connectivity index (χ1n) is 8.69. The van der Waals surface area contributed by atoms with Crippen molar-refractivity contribution in [1.29, 1.82) is 0 Å². The molecule has 122 valence electrons. The summed E-state index contributed by atoms with van der Waals surface area (Å²) < 4.78 is 6.37. The number of carbonyl (C=O) groups excluding carboxylic acids is 1. The monoisotopic (exact) mass is 313 g/mol. The zero-order valence-corrected chi connectivity index (χ0v) is 13.3. The van der Waals surface area contributed by atoms with Crippen molar-refractivity contribution in [2.45, 2.75) is 55.3 Å². The van der Waals surface area contributed by atoms with Gasteiger partial charge in [-0.05, 0) is 37.3 Å². The molecule has 0 unspecified atom stereocenters. The molecule has 0 radical (unpaired) electrons. The van der Waals surface area contributed by atoms with Gasteiger partial charge < -0.3 is 15.8 Å². The molecule has 2 saturated carbocycles. The van der Waals surface area contributed by atoms with Crippen molar-refractivity contribution in [3.8, 4) is 0 Å². The Hall–Kier alpha value is -1.59. The molecule has 2 saturated heterocycles. The van der Waals surface area contributed by atoms with Gasteiger partial charge in [-0.2, -0.15) is 0 Å². The summed E-state index contributed by atoms with van der Waals surface area (Å²) in [7, 11) is 0.